The highest BCUT2D eigenvalue weighted by Crippen LogP contribution is 2.28. The van der Waals surface area contributed by atoms with E-state index in [4.69, 9.17) is 9.47 Å². The Morgan fingerprint density at radius 2 is 1.96 bits per heavy atom. The number of methoxy groups -OCH3 is 1. The van der Waals surface area contributed by atoms with Crippen LogP contribution in [0.2, 0.25) is 0 Å². The number of aliphatic imine (C=N–C) groups is 1. The molecule has 0 amide bonds. The average Bonchev–Trinajstić information content (AvgIpc) is 3.25. The van der Waals surface area contributed by atoms with Crippen molar-refractivity contribution in [2.24, 2.45) is 4.99 Å². The Balaban J connectivity index is 0.00000280. The van der Waals surface area contributed by atoms with Crippen LogP contribution >= 0.6 is 35.3 Å². The summed E-state index contributed by atoms with van der Waals surface area (Å²) in [6.45, 7) is 7.24. The molecule has 0 aliphatic carbocycles. The van der Waals surface area contributed by atoms with Gasteiger partial charge in [-0.05, 0) is 42.1 Å². The summed E-state index contributed by atoms with van der Waals surface area (Å²) in [7, 11) is 3.51. The lowest BCUT2D eigenvalue weighted by Crippen LogP contribution is -2.52. The van der Waals surface area contributed by atoms with E-state index in [9.17, 15) is 0 Å². The smallest absolute Gasteiger partial charge is 0.194 e. The Bertz CT molecular complexity index is 747. The van der Waals surface area contributed by atoms with Gasteiger partial charge in [-0.2, -0.15) is 0 Å². The van der Waals surface area contributed by atoms with Crippen molar-refractivity contribution in [1.29, 1.82) is 0 Å². The Morgan fingerprint density at radius 3 is 2.57 bits per heavy atom. The highest BCUT2D eigenvalue weighted by Gasteiger charge is 2.20. The fourth-order valence-corrected chi connectivity index (χ4v) is 3.98. The number of hydrogen-bond donors (Lipinski definition) is 1. The lowest BCUT2D eigenvalue weighted by Gasteiger charge is -2.37. The first-order valence-electron chi connectivity index (χ1n) is 9.29. The fourth-order valence-electron chi connectivity index (χ4n) is 3.20. The predicted molar refractivity (Wildman–Crippen MR) is 128 cm³/mol. The number of guanidine groups is 1. The first-order valence-corrected chi connectivity index (χ1v) is 10.2. The summed E-state index contributed by atoms with van der Waals surface area (Å²) in [6.07, 6.45) is 0. The number of thiophene rings is 1. The Labute approximate surface area is 188 Å². The number of ether oxygens (including phenoxy) is 2. The molecule has 154 valence electrons. The summed E-state index contributed by atoms with van der Waals surface area (Å²) in [4.78, 5) is 9.22. The van der Waals surface area contributed by atoms with E-state index in [0.29, 0.717) is 13.2 Å². The number of nitrogens with one attached hydrogen (secondary N) is 1. The molecule has 1 aliphatic heterocycles. The topological polar surface area (TPSA) is 49.3 Å². The van der Waals surface area contributed by atoms with Gasteiger partial charge in [0.2, 0.25) is 0 Å². The zero-order chi connectivity index (χ0) is 19.1. The number of hydrogen-bond acceptors (Lipinski definition) is 5. The van der Waals surface area contributed by atoms with Crippen LogP contribution in [0, 0.1) is 0 Å². The molecule has 0 bridgehead atoms. The summed E-state index contributed by atoms with van der Waals surface area (Å²) in [5, 5.41) is 6.95. The van der Waals surface area contributed by atoms with Crippen molar-refractivity contribution in [3.05, 3.63) is 41.3 Å². The Hall–Kier alpha value is -1.68. The molecule has 28 heavy (non-hydrogen) atoms. The molecule has 6 nitrogen and oxygen atoms in total. The predicted octanol–water partition coefficient (Wildman–Crippen LogP) is 3.67. The van der Waals surface area contributed by atoms with E-state index in [-0.39, 0.29) is 24.0 Å². The zero-order valence-corrected chi connectivity index (χ0v) is 19.8. The third kappa shape index (κ3) is 5.66. The minimum atomic E-state index is 0. The molecule has 0 unspecified atom stereocenters. The maximum absolute atomic E-state index is 5.58. The molecule has 0 saturated carbocycles. The SMILES string of the molecule is CCOc1ccc(CNC(=NC)N2CCN(c3cccs3)CC2)cc1OC.I. The van der Waals surface area contributed by atoms with E-state index < -0.39 is 0 Å². The standard InChI is InChI=1S/C20H28N4O2S.HI/c1-4-26-17-8-7-16(14-18(17)25-3)15-22-20(21-2)24-11-9-23(10-12-24)19-6-5-13-27-19;/h5-8,13-14H,4,9-12,15H2,1-3H3,(H,21,22);1H. The summed E-state index contributed by atoms with van der Waals surface area (Å²) in [6, 6.07) is 10.3. The molecule has 1 saturated heterocycles. The van der Waals surface area contributed by atoms with Crippen LogP contribution in [-0.4, -0.2) is 57.8 Å². The first kappa shape index (κ1) is 22.6. The number of benzene rings is 1. The lowest BCUT2D eigenvalue weighted by molar-refractivity contribution is 0.310. The van der Waals surface area contributed by atoms with Crippen LogP contribution in [0.4, 0.5) is 5.00 Å². The quantitative estimate of drug-likeness (QED) is 0.361. The first-order chi connectivity index (χ1) is 13.2. The second-order valence-electron chi connectivity index (χ2n) is 6.24. The Morgan fingerprint density at radius 1 is 1.18 bits per heavy atom. The molecule has 3 rings (SSSR count). The summed E-state index contributed by atoms with van der Waals surface area (Å²) < 4.78 is 11.0. The molecule has 8 heteroatoms. The molecule has 2 aromatic rings. The van der Waals surface area contributed by atoms with Crippen molar-refractivity contribution in [1.82, 2.24) is 10.2 Å². The van der Waals surface area contributed by atoms with Crippen molar-refractivity contribution < 1.29 is 9.47 Å². The van der Waals surface area contributed by atoms with E-state index in [1.165, 1.54) is 5.00 Å². The molecule has 1 aromatic heterocycles. The molecule has 2 heterocycles. The van der Waals surface area contributed by atoms with Gasteiger partial charge in [0.25, 0.3) is 0 Å². The fraction of sp³-hybridized carbons (Fsp3) is 0.450. The third-order valence-electron chi connectivity index (χ3n) is 4.59. The van der Waals surface area contributed by atoms with Crippen molar-refractivity contribution in [3.63, 3.8) is 0 Å². The molecule has 1 N–H and O–H groups in total. The highest BCUT2D eigenvalue weighted by atomic mass is 127. The van der Waals surface area contributed by atoms with Crippen LogP contribution in [0.15, 0.2) is 40.7 Å². The van der Waals surface area contributed by atoms with Gasteiger partial charge in [-0.3, -0.25) is 4.99 Å². The summed E-state index contributed by atoms with van der Waals surface area (Å²) in [5.74, 6) is 2.47. The minimum absolute atomic E-state index is 0. The van der Waals surface area contributed by atoms with Crippen LogP contribution in [0.5, 0.6) is 11.5 Å². The molecule has 0 radical (unpaired) electrons. The summed E-state index contributed by atoms with van der Waals surface area (Å²) in [5.41, 5.74) is 1.13. The average molecular weight is 516 g/mol. The van der Waals surface area contributed by atoms with Gasteiger partial charge in [0.05, 0.1) is 18.7 Å². The monoisotopic (exact) mass is 516 g/mol. The molecular formula is C20H29IN4O2S. The van der Waals surface area contributed by atoms with Crippen molar-refractivity contribution >= 4 is 46.3 Å². The number of anilines is 1. The molecule has 1 aromatic carbocycles. The lowest BCUT2D eigenvalue weighted by atomic mass is 10.2. The van der Waals surface area contributed by atoms with Crippen LogP contribution in [0.3, 0.4) is 0 Å². The molecular weight excluding hydrogens is 487 g/mol. The van der Waals surface area contributed by atoms with Crippen LogP contribution < -0.4 is 19.7 Å². The van der Waals surface area contributed by atoms with E-state index in [1.807, 2.05) is 26.1 Å². The summed E-state index contributed by atoms with van der Waals surface area (Å²) >= 11 is 1.80. The van der Waals surface area contributed by atoms with Gasteiger partial charge in [0, 0.05) is 39.8 Å². The molecule has 0 spiro atoms. The second kappa shape index (κ2) is 11.4. The highest BCUT2D eigenvalue weighted by molar-refractivity contribution is 14.0. The Kier molecular flexibility index (Phi) is 9.17. The van der Waals surface area contributed by atoms with E-state index in [0.717, 1.165) is 49.2 Å². The number of halogens is 1. The number of nitrogens with zero attached hydrogens (tertiary/aromatic N) is 3. The van der Waals surface area contributed by atoms with E-state index in [1.54, 1.807) is 18.4 Å². The van der Waals surface area contributed by atoms with Crippen molar-refractivity contribution in [2.45, 2.75) is 13.5 Å². The van der Waals surface area contributed by atoms with Gasteiger partial charge < -0.3 is 24.6 Å². The minimum Gasteiger partial charge on any atom is -0.493 e. The third-order valence-corrected chi connectivity index (χ3v) is 5.52. The maximum Gasteiger partial charge on any atom is 0.194 e. The maximum atomic E-state index is 5.58. The van der Waals surface area contributed by atoms with Gasteiger partial charge in [0.1, 0.15) is 0 Å². The largest absolute Gasteiger partial charge is 0.493 e. The number of piperazine rings is 1. The van der Waals surface area contributed by atoms with Crippen molar-refractivity contribution in [2.75, 3.05) is 51.8 Å². The van der Waals surface area contributed by atoms with Gasteiger partial charge in [-0.15, -0.1) is 35.3 Å². The van der Waals surface area contributed by atoms with Gasteiger partial charge in [0.15, 0.2) is 17.5 Å². The van der Waals surface area contributed by atoms with E-state index >= 15 is 0 Å². The number of rotatable bonds is 6. The van der Waals surface area contributed by atoms with Crippen LogP contribution in [0.25, 0.3) is 0 Å². The second-order valence-corrected chi connectivity index (χ2v) is 7.17. The molecule has 0 atom stereocenters. The molecule has 1 aliphatic rings. The van der Waals surface area contributed by atoms with Gasteiger partial charge >= 0.3 is 0 Å². The van der Waals surface area contributed by atoms with Gasteiger partial charge in [-0.25, -0.2) is 0 Å². The van der Waals surface area contributed by atoms with Crippen LogP contribution in [0.1, 0.15) is 12.5 Å². The van der Waals surface area contributed by atoms with Gasteiger partial charge in [-0.1, -0.05) is 6.07 Å². The molecule has 1 fully saturated rings. The van der Waals surface area contributed by atoms with Crippen molar-refractivity contribution in [3.8, 4) is 11.5 Å². The van der Waals surface area contributed by atoms with E-state index in [2.05, 4.69) is 43.7 Å². The zero-order valence-electron chi connectivity index (χ0n) is 16.7. The normalized spacial score (nSPS) is 14.5. The van der Waals surface area contributed by atoms with Crippen LogP contribution in [-0.2, 0) is 6.54 Å².